The lowest BCUT2D eigenvalue weighted by Gasteiger charge is -2.09. The molecular weight excluding hydrogens is 336 g/mol. The van der Waals surface area contributed by atoms with Crippen molar-refractivity contribution < 1.29 is 9.53 Å². The number of amides is 1. The number of hydrogen-bond donors (Lipinski definition) is 1. The van der Waals surface area contributed by atoms with E-state index >= 15 is 0 Å². The van der Waals surface area contributed by atoms with E-state index in [0.29, 0.717) is 12.2 Å². The van der Waals surface area contributed by atoms with Crippen molar-refractivity contribution in [3.05, 3.63) is 82.4 Å². The largest absolute Gasteiger partial charge is 0.489 e. The van der Waals surface area contributed by atoms with Crippen LogP contribution in [0.3, 0.4) is 0 Å². The van der Waals surface area contributed by atoms with Gasteiger partial charge in [-0.25, -0.2) is 0 Å². The van der Waals surface area contributed by atoms with Gasteiger partial charge in [-0.15, -0.1) is 0 Å². The normalized spacial score (nSPS) is 13.5. The lowest BCUT2D eigenvalue weighted by molar-refractivity contribution is 0.102. The predicted molar refractivity (Wildman–Crippen MR) is 110 cm³/mol. The summed E-state index contributed by atoms with van der Waals surface area (Å²) >= 11 is 0. The molecule has 0 unspecified atom stereocenters. The Kier molecular flexibility index (Phi) is 6.21. The van der Waals surface area contributed by atoms with Gasteiger partial charge in [0.05, 0.1) is 5.36 Å². The second-order valence-corrected chi connectivity index (χ2v) is 6.28. The van der Waals surface area contributed by atoms with Crippen molar-refractivity contribution in [3.8, 4) is 5.75 Å². The maximum Gasteiger partial charge on any atom is 0.255 e. The molecule has 0 aliphatic carbocycles. The van der Waals surface area contributed by atoms with Crippen LogP contribution >= 0.6 is 0 Å². The van der Waals surface area contributed by atoms with Gasteiger partial charge in [-0.05, 0) is 73.5 Å². The van der Waals surface area contributed by atoms with E-state index in [9.17, 15) is 4.79 Å². The highest BCUT2D eigenvalue weighted by Gasteiger charge is 2.07. The quantitative estimate of drug-likeness (QED) is 0.800. The number of fused-ring (bicyclic) bond motifs is 1. The molecule has 4 nitrogen and oxygen atoms in total. The Hall–Kier alpha value is -3.14. The lowest BCUT2D eigenvalue weighted by Crippen LogP contribution is -2.28. The third-order valence-corrected chi connectivity index (χ3v) is 4.33. The van der Waals surface area contributed by atoms with Crippen molar-refractivity contribution in [1.29, 1.82) is 0 Å². The topological polar surface area (TPSA) is 50.7 Å². The molecule has 1 amide bonds. The molecule has 1 aliphatic heterocycles. The zero-order valence-electron chi connectivity index (χ0n) is 15.7. The van der Waals surface area contributed by atoms with Crippen molar-refractivity contribution in [1.82, 2.24) is 0 Å². The van der Waals surface area contributed by atoms with Crippen LogP contribution in [0.15, 0.2) is 71.3 Å². The number of carbonyl (C=O) groups is 1. The second-order valence-electron chi connectivity index (χ2n) is 6.28. The molecule has 1 aliphatic rings. The van der Waals surface area contributed by atoms with E-state index in [1.165, 1.54) is 0 Å². The van der Waals surface area contributed by atoms with E-state index < -0.39 is 0 Å². The van der Waals surface area contributed by atoms with Gasteiger partial charge in [-0.2, -0.15) is 0 Å². The molecule has 4 heteroatoms. The van der Waals surface area contributed by atoms with E-state index in [1.807, 2.05) is 62.4 Å². The van der Waals surface area contributed by atoms with Crippen molar-refractivity contribution in [3.63, 3.8) is 0 Å². The van der Waals surface area contributed by atoms with Crippen molar-refractivity contribution in [2.75, 3.05) is 18.5 Å². The molecule has 0 saturated carbocycles. The first-order valence-electron chi connectivity index (χ1n) is 9.16. The van der Waals surface area contributed by atoms with Crippen LogP contribution in [0, 0.1) is 0 Å². The number of hydrogen-bond acceptors (Lipinski definition) is 3. The van der Waals surface area contributed by atoms with Crippen LogP contribution in [0.25, 0.3) is 6.08 Å². The summed E-state index contributed by atoms with van der Waals surface area (Å²) in [6.45, 7) is 5.30. The van der Waals surface area contributed by atoms with Gasteiger partial charge in [0.1, 0.15) is 12.4 Å². The highest BCUT2D eigenvalue weighted by molar-refractivity contribution is 6.04. The van der Waals surface area contributed by atoms with Gasteiger partial charge < -0.3 is 10.1 Å². The van der Waals surface area contributed by atoms with Crippen LogP contribution < -0.4 is 20.6 Å². The average molecular weight is 360 g/mol. The first-order chi connectivity index (χ1) is 13.2. The van der Waals surface area contributed by atoms with E-state index in [-0.39, 0.29) is 5.91 Å². The molecule has 0 atom stereocenters. The monoisotopic (exact) mass is 360 g/mol. The number of anilines is 1. The fourth-order valence-electron chi connectivity index (χ4n) is 2.86. The Labute approximate surface area is 159 Å². The van der Waals surface area contributed by atoms with E-state index in [4.69, 9.17) is 4.74 Å². The van der Waals surface area contributed by atoms with Crippen LogP contribution in [-0.2, 0) is 0 Å². The Balaban J connectivity index is 1.64. The maximum absolute atomic E-state index is 12.5. The van der Waals surface area contributed by atoms with Crippen molar-refractivity contribution in [2.45, 2.75) is 20.3 Å². The predicted octanol–water partition coefficient (Wildman–Crippen LogP) is 3.64. The summed E-state index contributed by atoms with van der Waals surface area (Å²) in [7, 11) is 0. The van der Waals surface area contributed by atoms with Crippen LogP contribution in [0.1, 0.15) is 30.6 Å². The second kappa shape index (κ2) is 8.99. The summed E-state index contributed by atoms with van der Waals surface area (Å²) in [5.74, 6) is 0.595. The lowest BCUT2D eigenvalue weighted by atomic mass is 10.1. The first-order valence-corrected chi connectivity index (χ1v) is 9.16. The Morgan fingerprint density at radius 1 is 1.19 bits per heavy atom. The number of allylic oxidation sites excluding steroid dienone is 2. The molecule has 0 aromatic heterocycles. The maximum atomic E-state index is 12.5. The standard InChI is InChI=1S/C23H24N2O2/c1-3-6-17(4-2)16-27-21-11-8-18(9-12-21)23(26)25-20-10-13-22-19(15-20)7-5-14-24-22/h3-4,6-13,15H,5,14,16H2,1-2H3,(H,25,26)/b6-3-,17-4+. The molecule has 0 radical (unpaired) electrons. The van der Waals surface area contributed by atoms with Gasteiger partial charge in [0, 0.05) is 17.8 Å². The molecule has 0 bridgehead atoms. The van der Waals surface area contributed by atoms with Crippen molar-refractivity contribution >= 4 is 17.7 Å². The molecule has 0 saturated heterocycles. The van der Waals surface area contributed by atoms with Crippen LogP contribution in [0.2, 0.25) is 0 Å². The minimum absolute atomic E-state index is 0.141. The van der Waals surface area contributed by atoms with Gasteiger partial charge >= 0.3 is 0 Å². The van der Waals surface area contributed by atoms with Crippen molar-refractivity contribution in [2.24, 2.45) is 4.99 Å². The third kappa shape index (κ3) is 4.94. The smallest absolute Gasteiger partial charge is 0.255 e. The highest BCUT2D eigenvalue weighted by Crippen LogP contribution is 2.15. The number of carbonyl (C=O) groups excluding carboxylic acids is 1. The number of nitrogens with zero attached hydrogens (tertiary/aromatic N) is 1. The van der Waals surface area contributed by atoms with Crippen LogP contribution in [0.5, 0.6) is 5.75 Å². The number of ether oxygens (including phenoxy) is 1. The molecule has 138 valence electrons. The van der Waals surface area contributed by atoms with E-state index in [2.05, 4.69) is 16.4 Å². The first kappa shape index (κ1) is 18.6. The van der Waals surface area contributed by atoms with Gasteiger partial charge in [-0.3, -0.25) is 9.79 Å². The molecule has 27 heavy (non-hydrogen) atoms. The zero-order chi connectivity index (χ0) is 19.1. The Morgan fingerprint density at radius 3 is 2.74 bits per heavy atom. The SMILES string of the molecule is C/C=C\C(=C/C)COc1ccc(C(=O)Nc2ccc3c(c2)=CCCN=3)cc1. The summed E-state index contributed by atoms with van der Waals surface area (Å²) in [4.78, 5) is 16.9. The van der Waals surface area contributed by atoms with Gasteiger partial charge in [0.2, 0.25) is 0 Å². The summed E-state index contributed by atoms with van der Waals surface area (Å²) in [6, 6.07) is 13.0. The molecule has 0 spiro atoms. The van der Waals surface area contributed by atoms with Crippen LogP contribution in [0.4, 0.5) is 5.69 Å². The fraction of sp³-hybridized carbons (Fsp3) is 0.217. The molecule has 1 N–H and O–H groups in total. The van der Waals surface area contributed by atoms with Gasteiger partial charge in [0.25, 0.3) is 5.91 Å². The molecular formula is C23H24N2O2. The highest BCUT2D eigenvalue weighted by atomic mass is 16.5. The number of benzene rings is 2. The third-order valence-electron chi connectivity index (χ3n) is 4.33. The average Bonchev–Trinajstić information content (AvgIpc) is 2.71. The summed E-state index contributed by atoms with van der Waals surface area (Å²) in [5, 5.41) is 5.00. The van der Waals surface area contributed by atoms with E-state index in [0.717, 1.165) is 40.6 Å². The zero-order valence-corrected chi connectivity index (χ0v) is 15.7. The van der Waals surface area contributed by atoms with Gasteiger partial charge in [-0.1, -0.05) is 24.3 Å². The van der Waals surface area contributed by atoms with E-state index in [1.54, 1.807) is 12.1 Å². The minimum atomic E-state index is -0.141. The molecule has 2 aromatic rings. The Morgan fingerprint density at radius 2 is 2.00 bits per heavy atom. The molecule has 0 fully saturated rings. The van der Waals surface area contributed by atoms with Gasteiger partial charge in [0.15, 0.2) is 0 Å². The minimum Gasteiger partial charge on any atom is -0.489 e. The fourth-order valence-corrected chi connectivity index (χ4v) is 2.86. The molecule has 3 rings (SSSR count). The summed E-state index contributed by atoms with van der Waals surface area (Å²) in [6.07, 6.45) is 9.11. The molecule has 2 aromatic carbocycles. The summed E-state index contributed by atoms with van der Waals surface area (Å²) < 4.78 is 5.76. The number of nitrogens with one attached hydrogen (secondary N) is 1. The van der Waals surface area contributed by atoms with Crippen LogP contribution in [-0.4, -0.2) is 19.1 Å². The molecule has 1 heterocycles. The number of rotatable bonds is 6. The summed E-state index contributed by atoms with van der Waals surface area (Å²) in [5.41, 5.74) is 2.47. The Bertz CT molecular complexity index is 986.